The van der Waals surface area contributed by atoms with Crippen LogP contribution in [0.2, 0.25) is 0 Å². The summed E-state index contributed by atoms with van der Waals surface area (Å²) in [4.78, 5) is 4.57. The number of aromatic nitrogens is 1. The summed E-state index contributed by atoms with van der Waals surface area (Å²) in [6, 6.07) is 24.9. The maximum atomic E-state index is 5.56. The van der Waals surface area contributed by atoms with Crippen molar-refractivity contribution in [2.45, 2.75) is 5.92 Å². The number of fused-ring (bicyclic) bond motifs is 1. The number of hydrogen-bond donors (Lipinski definition) is 0. The highest BCUT2D eigenvalue weighted by molar-refractivity contribution is 5.78. The first-order valence-corrected chi connectivity index (χ1v) is 7.35. The summed E-state index contributed by atoms with van der Waals surface area (Å²) in [6.07, 6.45) is 3.57. The molecule has 0 radical (unpaired) electrons. The van der Waals surface area contributed by atoms with Gasteiger partial charge in [0, 0.05) is 11.6 Å². The average Bonchev–Trinajstić information content (AvgIpc) is 3.05. The molecule has 2 aromatic heterocycles. The van der Waals surface area contributed by atoms with Crippen LogP contribution >= 0.6 is 0 Å². The first-order valence-electron chi connectivity index (χ1n) is 7.35. The van der Waals surface area contributed by atoms with E-state index in [0.29, 0.717) is 0 Å². The lowest BCUT2D eigenvalue weighted by molar-refractivity contribution is 0.615. The van der Waals surface area contributed by atoms with Gasteiger partial charge in [0.2, 0.25) is 0 Å². The van der Waals surface area contributed by atoms with Gasteiger partial charge in [-0.05, 0) is 35.4 Å². The van der Waals surface area contributed by atoms with E-state index in [1.807, 2.05) is 30.5 Å². The van der Waals surface area contributed by atoms with Gasteiger partial charge < -0.3 is 4.42 Å². The van der Waals surface area contributed by atoms with E-state index in [1.54, 1.807) is 6.26 Å². The van der Waals surface area contributed by atoms with Crippen LogP contribution in [0.5, 0.6) is 0 Å². The Bertz CT molecular complexity index is 842. The van der Waals surface area contributed by atoms with Crippen LogP contribution in [0, 0.1) is 0 Å². The number of hydrogen-bond acceptors (Lipinski definition) is 2. The third-order valence-electron chi connectivity index (χ3n) is 3.93. The summed E-state index contributed by atoms with van der Waals surface area (Å²) in [5.74, 6) is 0.108. The largest absolute Gasteiger partial charge is 0.464 e. The minimum atomic E-state index is 0.108. The number of rotatable bonds is 3. The van der Waals surface area contributed by atoms with Crippen molar-refractivity contribution >= 4 is 11.0 Å². The Hall–Kier alpha value is -2.87. The second kappa shape index (κ2) is 5.49. The Balaban J connectivity index is 1.90. The molecule has 4 rings (SSSR count). The van der Waals surface area contributed by atoms with Crippen molar-refractivity contribution < 1.29 is 4.42 Å². The van der Waals surface area contributed by atoms with Gasteiger partial charge in [-0.1, -0.05) is 48.5 Å². The van der Waals surface area contributed by atoms with E-state index >= 15 is 0 Å². The smallest absolute Gasteiger partial charge is 0.134 e. The molecule has 0 aliphatic heterocycles. The lowest BCUT2D eigenvalue weighted by Crippen LogP contribution is -2.05. The van der Waals surface area contributed by atoms with Gasteiger partial charge in [-0.15, -0.1) is 0 Å². The third kappa shape index (κ3) is 2.29. The van der Waals surface area contributed by atoms with Crippen LogP contribution in [0.3, 0.4) is 0 Å². The lowest BCUT2D eigenvalue weighted by atomic mass is 9.88. The number of pyridine rings is 1. The van der Waals surface area contributed by atoms with Crippen molar-refractivity contribution in [1.29, 1.82) is 0 Å². The van der Waals surface area contributed by atoms with Crippen LogP contribution in [-0.4, -0.2) is 4.98 Å². The molecule has 1 unspecified atom stereocenters. The molecule has 2 aromatic carbocycles. The summed E-state index contributed by atoms with van der Waals surface area (Å²) >= 11 is 0. The molecule has 22 heavy (non-hydrogen) atoms. The van der Waals surface area contributed by atoms with Gasteiger partial charge in [0.15, 0.2) is 0 Å². The fourth-order valence-electron chi connectivity index (χ4n) is 2.88. The molecular formula is C20H15NO. The van der Waals surface area contributed by atoms with Crippen LogP contribution in [0.25, 0.3) is 11.0 Å². The Morgan fingerprint density at radius 1 is 0.773 bits per heavy atom. The van der Waals surface area contributed by atoms with Crippen LogP contribution in [0.15, 0.2) is 89.7 Å². The van der Waals surface area contributed by atoms with Gasteiger partial charge in [-0.3, -0.25) is 4.98 Å². The zero-order chi connectivity index (χ0) is 14.8. The third-order valence-corrected chi connectivity index (χ3v) is 3.93. The molecule has 0 amide bonds. The Morgan fingerprint density at radius 3 is 2.45 bits per heavy atom. The fourth-order valence-corrected chi connectivity index (χ4v) is 2.88. The molecular weight excluding hydrogens is 270 g/mol. The van der Waals surface area contributed by atoms with Gasteiger partial charge >= 0.3 is 0 Å². The number of benzene rings is 2. The Morgan fingerprint density at radius 2 is 1.64 bits per heavy atom. The summed E-state index contributed by atoms with van der Waals surface area (Å²) in [7, 11) is 0. The molecule has 0 spiro atoms. The number of furan rings is 1. The zero-order valence-electron chi connectivity index (χ0n) is 12.0. The molecule has 0 bridgehead atoms. The number of nitrogens with zero attached hydrogens (tertiary/aromatic N) is 1. The van der Waals surface area contributed by atoms with Gasteiger partial charge in [0.25, 0.3) is 0 Å². The molecule has 0 aliphatic rings. The molecule has 0 aliphatic carbocycles. The van der Waals surface area contributed by atoms with Gasteiger partial charge in [0.1, 0.15) is 5.58 Å². The topological polar surface area (TPSA) is 26.0 Å². The van der Waals surface area contributed by atoms with Crippen molar-refractivity contribution in [3.8, 4) is 0 Å². The van der Waals surface area contributed by atoms with Crippen LogP contribution in [-0.2, 0) is 0 Å². The monoisotopic (exact) mass is 285 g/mol. The quantitative estimate of drug-likeness (QED) is 0.529. The van der Waals surface area contributed by atoms with Crippen molar-refractivity contribution in [3.63, 3.8) is 0 Å². The Labute approximate surface area is 129 Å². The van der Waals surface area contributed by atoms with E-state index in [2.05, 4.69) is 53.5 Å². The summed E-state index contributed by atoms with van der Waals surface area (Å²) < 4.78 is 5.56. The maximum absolute atomic E-state index is 5.56. The molecule has 2 nitrogen and oxygen atoms in total. The van der Waals surface area contributed by atoms with Crippen molar-refractivity contribution in [2.24, 2.45) is 0 Å². The zero-order valence-corrected chi connectivity index (χ0v) is 12.0. The highest BCUT2D eigenvalue weighted by atomic mass is 16.3. The molecule has 0 saturated heterocycles. The summed E-state index contributed by atoms with van der Waals surface area (Å²) in [5.41, 5.74) is 4.37. The van der Waals surface area contributed by atoms with Crippen LogP contribution < -0.4 is 0 Å². The molecule has 0 fully saturated rings. The van der Waals surface area contributed by atoms with E-state index in [-0.39, 0.29) is 5.92 Å². The molecule has 2 heterocycles. The van der Waals surface area contributed by atoms with E-state index in [9.17, 15) is 0 Å². The van der Waals surface area contributed by atoms with Gasteiger partial charge in [-0.2, -0.15) is 0 Å². The van der Waals surface area contributed by atoms with Crippen molar-refractivity contribution in [3.05, 3.63) is 102 Å². The Kier molecular flexibility index (Phi) is 3.20. The second-order valence-electron chi connectivity index (χ2n) is 5.32. The van der Waals surface area contributed by atoms with Crippen molar-refractivity contribution in [2.75, 3.05) is 0 Å². The molecule has 4 aromatic rings. The maximum Gasteiger partial charge on any atom is 0.134 e. The summed E-state index contributed by atoms with van der Waals surface area (Å²) in [5, 5.41) is 1.12. The highest BCUT2D eigenvalue weighted by Gasteiger charge is 2.18. The van der Waals surface area contributed by atoms with E-state index < -0.39 is 0 Å². The van der Waals surface area contributed by atoms with E-state index in [0.717, 1.165) is 16.7 Å². The lowest BCUT2D eigenvalue weighted by Gasteiger charge is -2.17. The standard InChI is InChI=1S/C20H15NO/c1-2-6-16(7-3-1)20(18-8-4-5-12-21-18)17-10-9-15-11-13-22-19(15)14-17/h1-14,20H. The highest BCUT2D eigenvalue weighted by Crippen LogP contribution is 2.32. The van der Waals surface area contributed by atoms with Gasteiger partial charge in [-0.25, -0.2) is 0 Å². The first-order chi connectivity index (χ1) is 10.9. The van der Waals surface area contributed by atoms with Gasteiger partial charge in [0.05, 0.1) is 17.9 Å². The van der Waals surface area contributed by atoms with E-state index in [1.165, 1.54) is 11.1 Å². The first kappa shape index (κ1) is 12.8. The summed E-state index contributed by atoms with van der Waals surface area (Å²) in [6.45, 7) is 0. The molecule has 0 saturated carbocycles. The van der Waals surface area contributed by atoms with Crippen molar-refractivity contribution in [1.82, 2.24) is 4.98 Å². The predicted octanol–water partition coefficient (Wildman–Crippen LogP) is 5.01. The minimum absolute atomic E-state index is 0.108. The fraction of sp³-hybridized carbons (Fsp3) is 0.0500. The average molecular weight is 285 g/mol. The normalized spacial score (nSPS) is 12.4. The van der Waals surface area contributed by atoms with Crippen LogP contribution in [0.4, 0.5) is 0 Å². The second-order valence-corrected chi connectivity index (χ2v) is 5.32. The molecule has 106 valence electrons. The molecule has 1 atom stereocenters. The minimum Gasteiger partial charge on any atom is -0.464 e. The SMILES string of the molecule is c1ccc(C(c2ccc3ccoc3c2)c2ccccn2)cc1. The predicted molar refractivity (Wildman–Crippen MR) is 87.8 cm³/mol. The molecule has 0 N–H and O–H groups in total. The molecule has 2 heteroatoms. The van der Waals surface area contributed by atoms with E-state index in [4.69, 9.17) is 4.42 Å². The van der Waals surface area contributed by atoms with Crippen LogP contribution in [0.1, 0.15) is 22.7 Å².